The van der Waals surface area contributed by atoms with E-state index in [1.54, 1.807) is 12.1 Å². The highest BCUT2D eigenvalue weighted by molar-refractivity contribution is 7.71. The van der Waals surface area contributed by atoms with Gasteiger partial charge in [0.1, 0.15) is 19.0 Å². The van der Waals surface area contributed by atoms with Crippen LogP contribution >= 0.6 is 15.4 Å². The number of rotatable bonds is 10. The number of hydrogen-bond donors (Lipinski definition) is 1. The number of benzene rings is 1. The Morgan fingerprint density at radius 2 is 1.72 bits per heavy atom. The molecule has 1 fully saturated rings. The Bertz CT molecular complexity index is 1220. The summed E-state index contributed by atoms with van der Waals surface area (Å²) in [5, 5.41) is 8.79. The minimum Gasteiger partial charge on any atom is -0.464 e. The fourth-order valence-electron chi connectivity index (χ4n) is 3.46. The summed E-state index contributed by atoms with van der Waals surface area (Å²) in [5.74, 6) is -0.901. The Morgan fingerprint density at radius 3 is 2.23 bits per heavy atom. The average molecular weight is 583 g/mol. The van der Waals surface area contributed by atoms with Crippen LogP contribution in [0, 0.1) is 0 Å². The predicted octanol–water partition coefficient (Wildman–Crippen LogP) is 3.59. The number of aromatic nitrogens is 1. The van der Waals surface area contributed by atoms with Gasteiger partial charge in [0.05, 0.1) is 19.5 Å². The second-order valence-corrected chi connectivity index (χ2v) is 13.0. The summed E-state index contributed by atoms with van der Waals surface area (Å²) in [6, 6.07) is 9.04. The minimum absolute atomic E-state index is 0.00228. The highest BCUT2D eigenvalue weighted by Crippen LogP contribution is 2.72. The Balaban J connectivity index is 1.65. The topological polar surface area (TPSA) is 168 Å². The van der Waals surface area contributed by atoms with Crippen LogP contribution in [-0.2, 0) is 43.7 Å². The predicted molar refractivity (Wildman–Crippen MR) is 136 cm³/mol. The highest BCUT2D eigenvalue weighted by atomic mass is 31.2. The Morgan fingerprint density at radius 1 is 1.10 bits per heavy atom. The molecule has 15 heteroatoms. The summed E-state index contributed by atoms with van der Waals surface area (Å²) in [5.41, 5.74) is 0.835. The Kier molecular flexibility index (Phi) is 10.3. The number of carbonyl (C=O) groups excluding carboxylic acids is 3. The first kappa shape index (κ1) is 30.3. The molecule has 1 aromatic heterocycles. The van der Waals surface area contributed by atoms with E-state index in [1.807, 2.05) is 0 Å². The lowest BCUT2D eigenvalue weighted by atomic mass is 10.2. The zero-order valence-electron chi connectivity index (χ0n) is 21.6. The van der Waals surface area contributed by atoms with Gasteiger partial charge in [-0.25, -0.2) is 4.79 Å². The zero-order valence-corrected chi connectivity index (χ0v) is 23.3. The van der Waals surface area contributed by atoms with Crippen LogP contribution in [0.3, 0.4) is 0 Å². The standard InChI is InChI=1S/C24H29N2O11P2/c1-17(27)33-13-11-26(12-14-34-18(2)28)23(29)35-21-8-6-20(7-9-21)22-36-38(31)24(30,39(3,32)37-22)15-19-5-4-10-25-16-19/h4-10,16,22,30H,11-15H2,1-3H3/q+1. The van der Waals surface area contributed by atoms with Gasteiger partial charge in [-0.2, -0.15) is 0 Å². The maximum Gasteiger partial charge on any atom is 0.557 e. The minimum atomic E-state index is -3.88. The maximum absolute atomic E-state index is 13.3. The second-order valence-electron chi connectivity index (χ2n) is 8.56. The van der Waals surface area contributed by atoms with Crippen LogP contribution in [0.1, 0.15) is 31.3 Å². The molecule has 1 aliphatic heterocycles. The van der Waals surface area contributed by atoms with Crippen molar-refractivity contribution in [2.45, 2.75) is 31.6 Å². The largest absolute Gasteiger partial charge is 0.557 e. The molecule has 0 aliphatic carbocycles. The van der Waals surface area contributed by atoms with Gasteiger partial charge in [0.25, 0.3) is 7.37 Å². The van der Waals surface area contributed by atoms with Crippen molar-refractivity contribution in [1.29, 1.82) is 0 Å². The Labute approximate surface area is 225 Å². The molecule has 13 nitrogen and oxygen atoms in total. The lowest BCUT2D eigenvalue weighted by Gasteiger charge is -2.31. The van der Waals surface area contributed by atoms with Gasteiger partial charge in [0.15, 0.2) is 0 Å². The van der Waals surface area contributed by atoms with E-state index in [2.05, 4.69) is 4.98 Å². The van der Waals surface area contributed by atoms with Crippen LogP contribution in [0.5, 0.6) is 5.75 Å². The van der Waals surface area contributed by atoms with Crippen LogP contribution in [0.25, 0.3) is 0 Å². The smallest absolute Gasteiger partial charge is 0.464 e. The molecule has 1 saturated heterocycles. The van der Waals surface area contributed by atoms with Crippen molar-refractivity contribution in [3.05, 3.63) is 59.9 Å². The van der Waals surface area contributed by atoms with Crippen molar-refractivity contribution < 1.29 is 51.9 Å². The van der Waals surface area contributed by atoms with Crippen molar-refractivity contribution in [3.63, 3.8) is 0 Å². The third kappa shape index (κ3) is 8.14. The molecule has 1 amide bonds. The summed E-state index contributed by atoms with van der Waals surface area (Å²) in [6.07, 6.45) is 0.673. The lowest BCUT2D eigenvalue weighted by molar-refractivity contribution is -0.141. The second kappa shape index (κ2) is 13.2. The SMILES string of the molecule is CC(=O)OCCN(CCOC(C)=O)C(=O)Oc1ccc(C2O[P+](=O)C(O)(Cc3cccnc3)P(C)(=O)O2)cc1. The molecule has 0 spiro atoms. The first-order valence-electron chi connectivity index (χ1n) is 11.8. The number of pyridine rings is 1. The molecule has 4 atom stereocenters. The van der Waals surface area contributed by atoms with E-state index in [4.69, 9.17) is 23.3 Å². The molecule has 1 aromatic carbocycles. The number of hydrogen-bond acceptors (Lipinski definition) is 12. The van der Waals surface area contributed by atoms with Crippen LogP contribution in [0.4, 0.5) is 4.79 Å². The van der Waals surface area contributed by atoms with Crippen LogP contribution in [0.2, 0.25) is 0 Å². The van der Waals surface area contributed by atoms with Crippen LogP contribution in [0.15, 0.2) is 48.8 Å². The molecule has 0 bridgehead atoms. The molecule has 0 radical (unpaired) electrons. The fraction of sp³-hybridized carbons (Fsp3) is 0.417. The van der Waals surface area contributed by atoms with E-state index >= 15 is 0 Å². The number of amides is 1. The first-order chi connectivity index (χ1) is 18.4. The van der Waals surface area contributed by atoms with E-state index in [0.29, 0.717) is 11.1 Å². The molecule has 2 heterocycles. The maximum atomic E-state index is 13.3. The van der Waals surface area contributed by atoms with Crippen molar-refractivity contribution in [3.8, 4) is 5.75 Å². The zero-order chi connectivity index (χ0) is 28.6. The molecule has 1 aliphatic rings. The van der Waals surface area contributed by atoms with Gasteiger partial charge in [-0.1, -0.05) is 18.2 Å². The summed E-state index contributed by atoms with van der Waals surface area (Å²) in [6.45, 7) is 3.51. The van der Waals surface area contributed by atoms with E-state index < -0.39 is 44.8 Å². The number of ether oxygens (including phenoxy) is 3. The van der Waals surface area contributed by atoms with Crippen molar-refractivity contribution in [2.24, 2.45) is 0 Å². The number of esters is 2. The van der Waals surface area contributed by atoms with Gasteiger partial charge < -0.3 is 24.2 Å². The molecule has 39 heavy (non-hydrogen) atoms. The quantitative estimate of drug-likeness (QED) is 0.319. The van der Waals surface area contributed by atoms with Crippen molar-refractivity contribution in [1.82, 2.24) is 9.88 Å². The van der Waals surface area contributed by atoms with Gasteiger partial charge >= 0.3 is 31.1 Å². The van der Waals surface area contributed by atoms with Gasteiger partial charge in [0.2, 0.25) is 6.29 Å². The number of aliphatic hydroxyl groups is 1. The van der Waals surface area contributed by atoms with Crippen molar-refractivity contribution in [2.75, 3.05) is 33.0 Å². The van der Waals surface area contributed by atoms with Gasteiger partial charge in [-0.3, -0.25) is 23.7 Å². The van der Waals surface area contributed by atoms with Gasteiger partial charge in [-0.15, -0.1) is 4.52 Å². The van der Waals surface area contributed by atoms with E-state index in [-0.39, 0.29) is 38.5 Å². The van der Waals surface area contributed by atoms with E-state index in [1.165, 1.54) is 62.1 Å². The van der Waals surface area contributed by atoms with Gasteiger partial charge in [-0.05, 0) is 28.3 Å². The molecule has 3 rings (SSSR count). The average Bonchev–Trinajstić information content (AvgIpc) is 2.87. The molecule has 0 saturated carbocycles. The molecule has 1 N–H and O–H groups in total. The summed E-state index contributed by atoms with van der Waals surface area (Å²) in [4.78, 5) is 39.9. The van der Waals surface area contributed by atoms with Crippen LogP contribution in [-0.4, -0.2) is 71.1 Å². The third-order valence-electron chi connectivity index (χ3n) is 5.54. The third-order valence-corrected chi connectivity index (χ3v) is 10.3. The monoisotopic (exact) mass is 583 g/mol. The van der Waals surface area contributed by atoms with Gasteiger partial charge in [0, 0.05) is 38.5 Å². The number of carbonyl (C=O) groups is 3. The fourth-order valence-corrected chi connectivity index (χ4v) is 6.99. The summed E-state index contributed by atoms with van der Waals surface area (Å²) >= 11 is 0. The summed E-state index contributed by atoms with van der Waals surface area (Å²) in [7, 11) is -6.72. The Hall–Kier alpha value is -3.21. The highest BCUT2D eigenvalue weighted by Gasteiger charge is 2.68. The lowest BCUT2D eigenvalue weighted by Crippen LogP contribution is -2.39. The van der Waals surface area contributed by atoms with E-state index in [9.17, 15) is 28.6 Å². The molecular weight excluding hydrogens is 554 g/mol. The molecule has 210 valence electrons. The molecular formula is C24H29N2O11P2+. The van der Waals surface area contributed by atoms with Crippen molar-refractivity contribution >= 4 is 33.4 Å². The molecule has 2 aromatic rings. The van der Waals surface area contributed by atoms with Crippen LogP contribution < -0.4 is 4.74 Å². The molecule has 4 unspecified atom stereocenters. The normalized spacial score (nSPS) is 23.5. The number of nitrogens with zero attached hydrogens (tertiary/aromatic N) is 2. The first-order valence-corrected chi connectivity index (χ1v) is 15.0. The van der Waals surface area contributed by atoms with E-state index in [0.717, 1.165) is 0 Å². The summed E-state index contributed by atoms with van der Waals surface area (Å²) < 4.78 is 52.4.